The molecule has 0 amide bonds. The fourth-order valence-corrected chi connectivity index (χ4v) is 2.82. The SMILES string of the molecule is CCC(C)N(C)CC1CC(C)(C)CCC1N. The second-order valence-electron chi connectivity index (χ2n) is 6.53. The molecule has 96 valence electrons. The Bertz CT molecular complexity index is 213. The fraction of sp³-hybridized carbons (Fsp3) is 1.00. The van der Waals surface area contributed by atoms with E-state index in [0.29, 0.717) is 23.4 Å². The first-order chi connectivity index (χ1) is 7.35. The Morgan fingerprint density at radius 2 is 2.06 bits per heavy atom. The summed E-state index contributed by atoms with van der Waals surface area (Å²) in [6, 6.07) is 1.09. The summed E-state index contributed by atoms with van der Waals surface area (Å²) in [4.78, 5) is 2.48. The Labute approximate surface area is 102 Å². The van der Waals surface area contributed by atoms with E-state index in [9.17, 15) is 0 Å². The second-order valence-corrected chi connectivity index (χ2v) is 6.53. The summed E-state index contributed by atoms with van der Waals surface area (Å²) in [5, 5.41) is 0. The zero-order valence-electron chi connectivity index (χ0n) is 11.8. The van der Waals surface area contributed by atoms with Crippen molar-refractivity contribution in [3.05, 3.63) is 0 Å². The van der Waals surface area contributed by atoms with Crippen molar-refractivity contribution >= 4 is 0 Å². The molecule has 0 spiro atoms. The highest BCUT2D eigenvalue weighted by Gasteiger charge is 2.33. The average Bonchev–Trinajstić information content (AvgIpc) is 2.22. The van der Waals surface area contributed by atoms with Crippen LogP contribution in [0.15, 0.2) is 0 Å². The third kappa shape index (κ3) is 3.74. The van der Waals surface area contributed by atoms with Gasteiger partial charge in [-0.2, -0.15) is 0 Å². The molecule has 0 saturated heterocycles. The lowest BCUT2D eigenvalue weighted by molar-refractivity contribution is 0.110. The third-order valence-corrected chi connectivity index (χ3v) is 4.44. The van der Waals surface area contributed by atoms with Gasteiger partial charge < -0.3 is 10.6 Å². The van der Waals surface area contributed by atoms with Gasteiger partial charge >= 0.3 is 0 Å². The molecule has 0 bridgehead atoms. The van der Waals surface area contributed by atoms with E-state index in [2.05, 4.69) is 39.6 Å². The van der Waals surface area contributed by atoms with Gasteiger partial charge in [-0.15, -0.1) is 0 Å². The normalized spacial score (nSPS) is 31.7. The quantitative estimate of drug-likeness (QED) is 0.798. The zero-order chi connectivity index (χ0) is 12.3. The second kappa shape index (κ2) is 5.50. The van der Waals surface area contributed by atoms with Gasteiger partial charge in [0.1, 0.15) is 0 Å². The molecule has 1 saturated carbocycles. The first-order valence-electron chi connectivity index (χ1n) is 6.81. The molecular formula is C14H30N2. The van der Waals surface area contributed by atoms with Crippen molar-refractivity contribution in [3.63, 3.8) is 0 Å². The van der Waals surface area contributed by atoms with Gasteiger partial charge in [0.2, 0.25) is 0 Å². The molecule has 1 rings (SSSR count). The number of hydrogen-bond donors (Lipinski definition) is 1. The van der Waals surface area contributed by atoms with E-state index in [1.54, 1.807) is 0 Å². The van der Waals surface area contributed by atoms with Crippen molar-refractivity contribution < 1.29 is 0 Å². The van der Waals surface area contributed by atoms with Gasteiger partial charge in [0, 0.05) is 18.6 Å². The maximum atomic E-state index is 6.26. The molecule has 1 aliphatic rings. The fourth-order valence-electron chi connectivity index (χ4n) is 2.82. The molecule has 0 radical (unpaired) electrons. The van der Waals surface area contributed by atoms with Crippen molar-refractivity contribution in [1.82, 2.24) is 4.90 Å². The minimum absolute atomic E-state index is 0.416. The van der Waals surface area contributed by atoms with Crippen LogP contribution in [-0.2, 0) is 0 Å². The number of hydrogen-bond acceptors (Lipinski definition) is 2. The smallest absolute Gasteiger partial charge is 0.00797 e. The van der Waals surface area contributed by atoms with Gasteiger partial charge in [-0.3, -0.25) is 0 Å². The first kappa shape index (κ1) is 14.0. The van der Waals surface area contributed by atoms with Crippen molar-refractivity contribution in [2.45, 2.75) is 65.5 Å². The van der Waals surface area contributed by atoms with Crippen LogP contribution in [0.25, 0.3) is 0 Å². The van der Waals surface area contributed by atoms with Crippen LogP contribution in [0.5, 0.6) is 0 Å². The van der Waals surface area contributed by atoms with Gasteiger partial charge in [0.25, 0.3) is 0 Å². The van der Waals surface area contributed by atoms with E-state index < -0.39 is 0 Å². The predicted molar refractivity (Wildman–Crippen MR) is 71.5 cm³/mol. The van der Waals surface area contributed by atoms with Crippen LogP contribution >= 0.6 is 0 Å². The maximum absolute atomic E-state index is 6.26. The van der Waals surface area contributed by atoms with E-state index in [-0.39, 0.29) is 0 Å². The topological polar surface area (TPSA) is 29.3 Å². The van der Waals surface area contributed by atoms with Crippen LogP contribution < -0.4 is 5.73 Å². The molecule has 0 heterocycles. The van der Waals surface area contributed by atoms with E-state index >= 15 is 0 Å². The Kier molecular flexibility index (Phi) is 4.81. The van der Waals surface area contributed by atoms with Crippen molar-refractivity contribution in [3.8, 4) is 0 Å². The van der Waals surface area contributed by atoms with E-state index in [0.717, 1.165) is 0 Å². The lowest BCUT2D eigenvalue weighted by Gasteiger charge is -2.41. The Morgan fingerprint density at radius 3 is 2.62 bits per heavy atom. The lowest BCUT2D eigenvalue weighted by Crippen LogP contribution is -2.45. The highest BCUT2D eigenvalue weighted by atomic mass is 15.1. The van der Waals surface area contributed by atoms with E-state index in [1.807, 2.05) is 0 Å². The molecule has 3 unspecified atom stereocenters. The van der Waals surface area contributed by atoms with Crippen LogP contribution in [0, 0.1) is 11.3 Å². The van der Waals surface area contributed by atoms with E-state index in [4.69, 9.17) is 5.73 Å². The summed E-state index contributed by atoms with van der Waals surface area (Å²) < 4.78 is 0. The lowest BCUT2D eigenvalue weighted by atomic mass is 9.70. The summed E-state index contributed by atoms with van der Waals surface area (Å²) in [5.41, 5.74) is 6.76. The van der Waals surface area contributed by atoms with Crippen LogP contribution in [0.4, 0.5) is 0 Å². The average molecular weight is 226 g/mol. The molecule has 1 fully saturated rings. The Hall–Kier alpha value is -0.0800. The maximum Gasteiger partial charge on any atom is 0.00797 e. The van der Waals surface area contributed by atoms with Crippen LogP contribution in [0.2, 0.25) is 0 Å². The minimum atomic E-state index is 0.416. The number of nitrogens with two attached hydrogens (primary N) is 1. The van der Waals surface area contributed by atoms with Gasteiger partial charge in [0.15, 0.2) is 0 Å². The molecule has 3 atom stereocenters. The Morgan fingerprint density at radius 1 is 1.44 bits per heavy atom. The van der Waals surface area contributed by atoms with Crippen LogP contribution in [0.1, 0.15) is 53.4 Å². The molecule has 0 aromatic heterocycles. The third-order valence-electron chi connectivity index (χ3n) is 4.44. The Balaban J connectivity index is 2.51. The van der Waals surface area contributed by atoms with Gasteiger partial charge in [0.05, 0.1) is 0 Å². The molecule has 1 aliphatic carbocycles. The predicted octanol–water partition coefficient (Wildman–Crippen LogP) is 2.87. The zero-order valence-corrected chi connectivity index (χ0v) is 11.8. The van der Waals surface area contributed by atoms with Gasteiger partial charge in [-0.25, -0.2) is 0 Å². The first-order valence-corrected chi connectivity index (χ1v) is 6.81. The molecular weight excluding hydrogens is 196 g/mol. The number of nitrogens with zero attached hydrogens (tertiary/aromatic N) is 1. The van der Waals surface area contributed by atoms with Crippen molar-refractivity contribution in [1.29, 1.82) is 0 Å². The molecule has 0 aliphatic heterocycles. The summed E-state index contributed by atoms with van der Waals surface area (Å²) >= 11 is 0. The van der Waals surface area contributed by atoms with E-state index in [1.165, 1.54) is 32.2 Å². The molecule has 2 nitrogen and oxygen atoms in total. The largest absolute Gasteiger partial charge is 0.327 e. The highest BCUT2D eigenvalue weighted by molar-refractivity contribution is 4.88. The van der Waals surface area contributed by atoms with Gasteiger partial charge in [-0.05, 0) is 51.0 Å². The van der Waals surface area contributed by atoms with Crippen molar-refractivity contribution in [2.75, 3.05) is 13.6 Å². The molecule has 2 heteroatoms. The van der Waals surface area contributed by atoms with Crippen molar-refractivity contribution in [2.24, 2.45) is 17.1 Å². The minimum Gasteiger partial charge on any atom is -0.327 e. The van der Waals surface area contributed by atoms with Crippen LogP contribution in [0.3, 0.4) is 0 Å². The summed E-state index contributed by atoms with van der Waals surface area (Å²) in [6.45, 7) is 10.5. The summed E-state index contributed by atoms with van der Waals surface area (Å²) in [7, 11) is 2.24. The van der Waals surface area contributed by atoms with Crippen LogP contribution in [-0.4, -0.2) is 30.6 Å². The molecule has 2 N–H and O–H groups in total. The highest BCUT2D eigenvalue weighted by Crippen LogP contribution is 2.38. The molecule has 0 aromatic rings. The number of rotatable bonds is 4. The molecule has 16 heavy (non-hydrogen) atoms. The summed E-state index contributed by atoms with van der Waals surface area (Å²) in [5.74, 6) is 0.683. The van der Waals surface area contributed by atoms with Gasteiger partial charge in [-0.1, -0.05) is 20.8 Å². The summed E-state index contributed by atoms with van der Waals surface area (Å²) in [6.07, 6.45) is 5.00. The monoisotopic (exact) mass is 226 g/mol. The standard InChI is InChI=1S/C14H30N2/c1-6-11(2)16(5)10-12-9-14(3,4)8-7-13(12)15/h11-13H,6-10,15H2,1-5H3. The molecule has 0 aromatic carbocycles.